The largest absolute Gasteiger partial charge is 0.300 e. The van der Waals surface area contributed by atoms with Gasteiger partial charge in [0.2, 0.25) is 0 Å². The molecule has 0 saturated carbocycles. The van der Waals surface area contributed by atoms with Crippen molar-refractivity contribution >= 4 is 11.6 Å². The van der Waals surface area contributed by atoms with Crippen LogP contribution in [0.5, 0.6) is 0 Å². The minimum atomic E-state index is 0.125. The lowest BCUT2D eigenvalue weighted by Gasteiger charge is -2.31. The normalized spacial score (nSPS) is 20.0. The summed E-state index contributed by atoms with van der Waals surface area (Å²) < 4.78 is 0. The molecule has 1 saturated heterocycles. The molecular weight excluding hydrogens is 346 g/mol. The Balaban J connectivity index is 1.55. The van der Waals surface area contributed by atoms with Crippen LogP contribution in [-0.2, 0) is 6.42 Å². The van der Waals surface area contributed by atoms with Gasteiger partial charge in [-0.3, -0.25) is 9.97 Å². The van der Waals surface area contributed by atoms with Gasteiger partial charge in [0, 0.05) is 30.3 Å². The minimum Gasteiger partial charge on any atom is -0.300 e. The Bertz CT molecular complexity index is 857. The van der Waals surface area contributed by atoms with Crippen molar-refractivity contribution in [2.24, 2.45) is 0 Å². The summed E-state index contributed by atoms with van der Waals surface area (Å²) in [6.07, 6.45) is 9.14. The summed E-state index contributed by atoms with van der Waals surface area (Å²) in [6, 6.07) is 12.1. The van der Waals surface area contributed by atoms with Crippen molar-refractivity contribution in [2.75, 3.05) is 0 Å². The van der Waals surface area contributed by atoms with Gasteiger partial charge in [-0.1, -0.05) is 17.7 Å². The predicted molar refractivity (Wildman–Crippen MR) is 101 cm³/mol. The highest BCUT2D eigenvalue weighted by Gasteiger charge is 2.26. The van der Waals surface area contributed by atoms with E-state index in [1.807, 2.05) is 36.5 Å². The first-order chi connectivity index (χ1) is 12.8. The topological polar surface area (TPSA) is 63.6 Å². The van der Waals surface area contributed by atoms with Crippen LogP contribution in [0.1, 0.15) is 54.3 Å². The van der Waals surface area contributed by atoms with Crippen LogP contribution in [-0.4, -0.2) is 19.9 Å². The molecule has 1 N–H and O–H groups in total. The van der Waals surface area contributed by atoms with Gasteiger partial charge in [-0.2, -0.15) is 0 Å². The van der Waals surface area contributed by atoms with Gasteiger partial charge in [-0.15, -0.1) is 0 Å². The van der Waals surface area contributed by atoms with Crippen molar-refractivity contribution in [3.8, 4) is 0 Å². The number of nitrogens with one attached hydrogen (secondary N) is 1. The number of pyridine rings is 2. The summed E-state index contributed by atoms with van der Waals surface area (Å²) in [7, 11) is 0. The van der Waals surface area contributed by atoms with E-state index in [2.05, 4.69) is 26.3 Å². The number of halogens is 1. The number of piperidine rings is 1. The van der Waals surface area contributed by atoms with Gasteiger partial charge >= 0.3 is 0 Å². The molecule has 1 aliphatic heterocycles. The molecule has 6 heteroatoms. The zero-order valence-corrected chi connectivity index (χ0v) is 15.1. The Hall–Kier alpha value is -2.37. The summed E-state index contributed by atoms with van der Waals surface area (Å²) in [6.45, 7) is 0. The first-order valence-corrected chi connectivity index (χ1v) is 9.25. The second-order valence-corrected chi connectivity index (χ2v) is 6.88. The Morgan fingerprint density at radius 2 is 1.73 bits per heavy atom. The van der Waals surface area contributed by atoms with Gasteiger partial charge in [0.15, 0.2) is 0 Å². The quantitative estimate of drug-likeness (QED) is 0.755. The number of rotatable bonds is 4. The standard InChI is InChI=1S/C20H20ClN5/c21-15-9-8-14(13-19-23-11-4-12-24-19)25-20(15)18-7-3-6-17(26-18)16-5-1-2-10-22-16/h1-2,4-5,8-12,17-18,26H,3,6-7,13H2/t17-,18+/m1/s1. The number of hydrogen-bond donors (Lipinski definition) is 1. The first-order valence-electron chi connectivity index (χ1n) is 8.88. The molecule has 0 radical (unpaired) electrons. The van der Waals surface area contributed by atoms with Crippen LogP contribution in [0, 0.1) is 0 Å². The van der Waals surface area contributed by atoms with Crippen molar-refractivity contribution in [2.45, 2.75) is 37.8 Å². The Morgan fingerprint density at radius 1 is 0.923 bits per heavy atom. The molecule has 2 atom stereocenters. The lowest BCUT2D eigenvalue weighted by atomic mass is 9.94. The molecule has 4 heterocycles. The SMILES string of the molecule is Clc1ccc(Cc2ncccn2)nc1[C@@H]1CCC[C@H](c2ccccn2)N1. The summed E-state index contributed by atoms with van der Waals surface area (Å²) >= 11 is 6.48. The molecule has 0 amide bonds. The molecule has 1 aliphatic rings. The molecule has 0 bridgehead atoms. The van der Waals surface area contributed by atoms with Crippen molar-refractivity contribution in [1.29, 1.82) is 0 Å². The molecule has 4 rings (SSSR count). The van der Waals surface area contributed by atoms with E-state index in [1.165, 1.54) is 0 Å². The molecule has 0 unspecified atom stereocenters. The highest BCUT2D eigenvalue weighted by Crippen LogP contribution is 2.34. The average molecular weight is 366 g/mol. The molecule has 1 fully saturated rings. The molecule has 3 aromatic rings. The monoisotopic (exact) mass is 365 g/mol. The Labute approximate surface area is 157 Å². The molecule has 0 aliphatic carbocycles. The van der Waals surface area contributed by atoms with Crippen LogP contribution in [0.25, 0.3) is 0 Å². The van der Waals surface area contributed by atoms with E-state index in [-0.39, 0.29) is 12.1 Å². The number of hydrogen-bond acceptors (Lipinski definition) is 5. The molecule has 26 heavy (non-hydrogen) atoms. The highest BCUT2D eigenvalue weighted by molar-refractivity contribution is 6.31. The molecular formula is C20H20ClN5. The minimum absolute atomic E-state index is 0.125. The summed E-state index contributed by atoms with van der Waals surface area (Å²) in [5.74, 6) is 0.760. The third-order valence-corrected chi connectivity index (χ3v) is 4.97. The van der Waals surface area contributed by atoms with Crippen LogP contribution in [0.2, 0.25) is 5.02 Å². The van der Waals surface area contributed by atoms with Crippen LogP contribution >= 0.6 is 11.6 Å². The zero-order valence-electron chi connectivity index (χ0n) is 14.3. The van der Waals surface area contributed by atoms with E-state index in [1.54, 1.807) is 12.4 Å². The van der Waals surface area contributed by atoms with Crippen LogP contribution in [0.3, 0.4) is 0 Å². The fraction of sp³-hybridized carbons (Fsp3) is 0.300. The third-order valence-electron chi connectivity index (χ3n) is 4.65. The van der Waals surface area contributed by atoms with E-state index in [0.717, 1.165) is 42.2 Å². The second-order valence-electron chi connectivity index (χ2n) is 6.47. The van der Waals surface area contributed by atoms with E-state index < -0.39 is 0 Å². The zero-order chi connectivity index (χ0) is 17.8. The van der Waals surface area contributed by atoms with E-state index in [9.17, 15) is 0 Å². The van der Waals surface area contributed by atoms with Gasteiger partial charge in [-0.05, 0) is 49.6 Å². The summed E-state index contributed by atoms with van der Waals surface area (Å²) in [4.78, 5) is 17.9. The van der Waals surface area contributed by atoms with Crippen LogP contribution < -0.4 is 5.32 Å². The highest BCUT2D eigenvalue weighted by atomic mass is 35.5. The maximum absolute atomic E-state index is 6.48. The smallest absolute Gasteiger partial charge is 0.134 e. The van der Waals surface area contributed by atoms with Crippen LogP contribution in [0.15, 0.2) is 55.0 Å². The average Bonchev–Trinajstić information content (AvgIpc) is 2.71. The number of aromatic nitrogens is 4. The van der Waals surface area contributed by atoms with Gasteiger partial charge in [0.1, 0.15) is 5.82 Å². The predicted octanol–water partition coefficient (Wildman–Crippen LogP) is 4.07. The maximum atomic E-state index is 6.48. The molecule has 0 aromatic carbocycles. The molecule has 3 aromatic heterocycles. The van der Waals surface area contributed by atoms with Crippen molar-refractivity contribution in [3.05, 3.63) is 82.9 Å². The summed E-state index contributed by atoms with van der Waals surface area (Å²) in [5, 5.41) is 4.37. The molecule has 5 nitrogen and oxygen atoms in total. The maximum Gasteiger partial charge on any atom is 0.134 e. The second kappa shape index (κ2) is 7.89. The lowest BCUT2D eigenvalue weighted by Crippen LogP contribution is -2.32. The molecule has 0 spiro atoms. The Kier molecular flexibility index (Phi) is 5.18. The number of nitrogens with zero attached hydrogens (tertiary/aromatic N) is 4. The van der Waals surface area contributed by atoms with E-state index >= 15 is 0 Å². The first kappa shape index (κ1) is 17.1. The van der Waals surface area contributed by atoms with Gasteiger partial charge < -0.3 is 5.32 Å². The van der Waals surface area contributed by atoms with E-state index in [0.29, 0.717) is 11.4 Å². The fourth-order valence-corrected chi connectivity index (χ4v) is 3.63. The Morgan fingerprint density at radius 3 is 2.54 bits per heavy atom. The van der Waals surface area contributed by atoms with Crippen LogP contribution in [0.4, 0.5) is 0 Å². The van der Waals surface area contributed by atoms with E-state index in [4.69, 9.17) is 16.6 Å². The van der Waals surface area contributed by atoms with Crippen molar-refractivity contribution in [1.82, 2.24) is 25.3 Å². The third kappa shape index (κ3) is 3.89. The van der Waals surface area contributed by atoms with Gasteiger partial charge in [0.05, 0.1) is 28.9 Å². The van der Waals surface area contributed by atoms with Gasteiger partial charge in [-0.25, -0.2) is 9.97 Å². The fourth-order valence-electron chi connectivity index (χ4n) is 3.39. The summed E-state index contributed by atoms with van der Waals surface area (Å²) in [5.41, 5.74) is 2.90. The van der Waals surface area contributed by atoms with Crippen molar-refractivity contribution < 1.29 is 0 Å². The lowest BCUT2D eigenvalue weighted by molar-refractivity contribution is 0.321. The van der Waals surface area contributed by atoms with Gasteiger partial charge in [0.25, 0.3) is 0 Å². The van der Waals surface area contributed by atoms with Crippen molar-refractivity contribution in [3.63, 3.8) is 0 Å². The molecule has 132 valence electrons.